The van der Waals surface area contributed by atoms with Crippen LogP contribution < -0.4 is 14.8 Å². The van der Waals surface area contributed by atoms with Gasteiger partial charge in [-0.3, -0.25) is 0 Å². The Balaban J connectivity index is 1.73. The number of fused-ring (bicyclic) bond motifs is 1. The highest BCUT2D eigenvalue weighted by molar-refractivity contribution is 7.89. The first kappa shape index (κ1) is 21.3. The van der Waals surface area contributed by atoms with Crippen molar-refractivity contribution in [3.8, 4) is 28.0 Å². The first-order valence-electron chi connectivity index (χ1n) is 9.94. The molecule has 6 nitrogen and oxygen atoms in total. The number of anilines is 1. The molecular weight excluding hydrogens is 417 g/mol. The molecule has 0 fully saturated rings. The minimum atomic E-state index is -3.79. The molecule has 2 heterocycles. The molecule has 0 aliphatic carbocycles. The molecule has 2 N–H and O–H groups in total. The SMILES string of the molecule is CC(C)(C)NS(=O)(=O)c1ccccc1-c1ccc(-c2cnc3c(c2)OCCN3)c(F)c1. The number of nitrogens with zero attached hydrogens (tertiary/aromatic N) is 1. The van der Waals surface area contributed by atoms with Crippen LogP contribution in [0.3, 0.4) is 0 Å². The van der Waals surface area contributed by atoms with E-state index in [0.29, 0.717) is 47.0 Å². The maximum atomic E-state index is 15.1. The highest BCUT2D eigenvalue weighted by atomic mass is 32.2. The zero-order chi connectivity index (χ0) is 22.2. The summed E-state index contributed by atoms with van der Waals surface area (Å²) in [6, 6.07) is 13.0. The van der Waals surface area contributed by atoms with Crippen molar-refractivity contribution in [3.05, 3.63) is 60.5 Å². The third-order valence-electron chi connectivity index (χ3n) is 4.71. The molecule has 0 saturated heterocycles. The van der Waals surface area contributed by atoms with E-state index >= 15 is 4.39 Å². The average Bonchev–Trinajstić information content (AvgIpc) is 2.71. The highest BCUT2D eigenvalue weighted by Gasteiger charge is 2.25. The number of rotatable bonds is 4. The molecule has 4 rings (SSSR count). The summed E-state index contributed by atoms with van der Waals surface area (Å²) in [6.45, 7) is 6.51. The highest BCUT2D eigenvalue weighted by Crippen LogP contribution is 2.34. The molecule has 0 atom stereocenters. The smallest absolute Gasteiger partial charge is 0.241 e. The van der Waals surface area contributed by atoms with Crippen LogP contribution >= 0.6 is 0 Å². The fourth-order valence-electron chi connectivity index (χ4n) is 3.48. The van der Waals surface area contributed by atoms with Crippen LogP contribution in [0.5, 0.6) is 5.75 Å². The number of halogens is 1. The van der Waals surface area contributed by atoms with Gasteiger partial charge in [0.1, 0.15) is 12.4 Å². The van der Waals surface area contributed by atoms with E-state index in [-0.39, 0.29) is 4.90 Å². The van der Waals surface area contributed by atoms with Crippen LogP contribution in [-0.4, -0.2) is 32.1 Å². The summed E-state index contributed by atoms with van der Waals surface area (Å²) >= 11 is 0. The first-order chi connectivity index (χ1) is 14.6. The van der Waals surface area contributed by atoms with Gasteiger partial charge in [0.25, 0.3) is 0 Å². The second kappa shape index (κ2) is 7.94. The van der Waals surface area contributed by atoms with Crippen molar-refractivity contribution in [2.45, 2.75) is 31.2 Å². The lowest BCUT2D eigenvalue weighted by molar-refractivity contribution is 0.321. The zero-order valence-electron chi connectivity index (χ0n) is 17.6. The predicted molar refractivity (Wildman–Crippen MR) is 119 cm³/mol. The van der Waals surface area contributed by atoms with Crippen LogP contribution in [0.1, 0.15) is 20.8 Å². The molecule has 162 valence electrons. The van der Waals surface area contributed by atoms with Gasteiger partial charge in [0.15, 0.2) is 11.6 Å². The van der Waals surface area contributed by atoms with Gasteiger partial charge in [-0.05, 0) is 44.5 Å². The molecule has 1 aromatic heterocycles. The maximum absolute atomic E-state index is 15.1. The van der Waals surface area contributed by atoms with Gasteiger partial charge in [-0.25, -0.2) is 22.5 Å². The van der Waals surface area contributed by atoms with Gasteiger partial charge in [0.05, 0.1) is 11.4 Å². The van der Waals surface area contributed by atoms with Crippen LogP contribution in [0.25, 0.3) is 22.3 Å². The number of nitrogens with one attached hydrogen (secondary N) is 2. The number of ether oxygens (including phenoxy) is 1. The van der Waals surface area contributed by atoms with Gasteiger partial charge in [0, 0.05) is 28.4 Å². The summed E-state index contributed by atoms with van der Waals surface area (Å²) < 4.78 is 49.2. The van der Waals surface area contributed by atoms with Crippen LogP contribution in [0.4, 0.5) is 10.2 Å². The summed E-state index contributed by atoms with van der Waals surface area (Å²) in [5, 5.41) is 3.13. The maximum Gasteiger partial charge on any atom is 0.241 e. The lowest BCUT2D eigenvalue weighted by Gasteiger charge is -2.21. The first-order valence-corrected chi connectivity index (χ1v) is 11.4. The fourth-order valence-corrected chi connectivity index (χ4v) is 5.13. The Morgan fingerprint density at radius 1 is 1.06 bits per heavy atom. The molecule has 0 amide bonds. The van der Waals surface area contributed by atoms with E-state index in [1.807, 2.05) is 0 Å². The van der Waals surface area contributed by atoms with E-state index in [9.17, 15) is 8.42 Å². The Morgan fingerprint density at radius 2 is 1.84 bits per heavy atom. The van der Waals surface area contributed by atoms with Gasteiger partial charge in [-0.1, -0.05) is 30.3 Å². The van der Waals surface area contributed by atoms with Crippen LogP contribution in [0.2, 0.25) is 0 Å². The van der Waals surface area contributed by atoms with Gasteiger partial charge < -0.3 is 10.1 Å². The molecule has 1 aliphatic rings. The molecule has 8 heteroatoms. The Bertz CT molecular complexity index is 1240. The second-order valence-corrected chi connectivity index (χ2v) is 10.0. The van der Waals surface area contributed by atoms with Gasteiger partial charge in [0.2, 0.25) is 10.0 Å². The third-order valence-corrected chi connectivity index (χ3v) is 6.53. The molecule has 1 aliphatic heterocycles. The van der Waals surface area contributed by atoms with Gasteiger partial charge >= 0.3 is 0 Å². The van der Waals surface area contributed by atoms with E-state index in [0.717, 1.165) is 0 Å². The normalized spacial score (nSPS) is 13.8. The van der Waals surface area contributed by atoms with Crippen LogP contribution in [0, 0.1) is 5.82 Å². The van der Waals surface area contributed by atoms with Gasteiger partial charge in [-0.15, -0.1) is 0 Å². The summed E-state index contributed by atoms with van der Waals surface area (Å²) in [5.74, 6) is 0.744. The number of hydrogen-bond donors (Lipinski definition) is 2. The molecule has 0 saturated carbocycles. The summed E-state index contributed by atoms with van der Waals surface area (Å²) in [5.41, 5.74) is 1.21. The molecule has 0 spiro atoms. The lowest BCUT2D eigenvalue weighted by Crippen LogP contribution is -2.40. The average molecular weight is 442 g/mol. The monoisotopic (exact) mass is 441 g/mol. The topological polar surface area (TPSA) is 80.3 Å². The number of hydrogen-bond acceptors (Lipinski definition) is 5. The van der Waals surface area contributed by atoms with Gasteiger partial charge in [-0.2, -0.15) is 0 Å². The molecule has 0 radical (unpaired) electrons. The van der Waals surface area contributed by atoms with E-state index in [1.54, 1.807) is 63.4 Å². The molecule has 0 unspecified atom stereocenters. The van der Waals surface area contributed by atoms with Crippen molar-refractivity contribution in [2.75, 3.05) is 18.5 Å². The third kappa shape index (κ3) is 4.55. The number of aromatic nitrogens is 1. The van der Waals surface area contributed by atoms with E-state index in [4.69, 9.17) is 4.74 Å². The molecule has 2 aromatic carbocycles. The van der Waals surface area contributed by atoms with Crippen molar-refractivity contribution in [3.63, 3.8) is 0 Å². The van der Waals surface area contributed by atoms with E-state index in [2.05, 4.69) is 15.0 Å². The number of benzene rings is 2. The number of sulfonamides is 1. The molecule has 3 aromatic rings. The zero-order valence-corrected chi connectivity index (χ0v) is 18.4. The van der Waals surface area contributed by atoms with Crippen molar-refractivity contribution < 1.29 is 17.5 Å². The molecule has 0 bridgehead atoms. The van der Waals surface area contributed by atoms with Crippen molar-refractivity contribution >= 4 is 15.8 Å². The quantitative estimate of drug-likeness (QED) is 0.626. The number of pyridine rings is 1. The largest absolute Gasteiger partial charge is 0.488 e. The summed E-state index contributed by atoms with van der Waals surface area (Å²) in [4.78, 5) is 4.41. The Kier molecular flexibility index (Phi) is 5.45. The van der Waals surface area contributed by atoms with Crippen LogP contribution in [-0.2, 0) is 10.0 Å². The predicted octanol–water partition coefficient (Wildman–Crippen LogP) is 4.44. The van der Waals surface area contributed by atoms with Crippen LogP contribution in [0.15, 0.2) is 59.6 Å². The van der Waals surface area contributed by atoms with E-state index < -0.39 is 21.4 Å². The van der Waals surface area contributed by atoms with Crippen molar-refractivity contribution in [1.29, 1.82) is 0 Å². The second-order valence-electron chi connectivity index (χ2n) is 8.39. The van der Waals surface area contributed by atoms with Crippen molar-refractivity contribution in [1.82, 2.24) is 9.71 Å². The Morgan fingerprint density at radius 3 is 2.58 bits per heavy atom. The molecule has 31 heavy (non-hydrogen) atoms. The lowest BCUT2D eigenvalue weighted by atomic mass is 10.0. The van der Waals surface area contributed by atoms with Crippen molar-refractivity contribution in [2.24, 2.45) is 0 Å². The molecular formula is C23H24FN3O3S. The Hall–Kier alpha value is -2.97. The van der Waals surface area contributed by atoms with E-state index in [1.165, 1.54) is 12.1 Å². The minimum Gasteiger partial charge on any atom is -0.488 e. The Labute approximate surface area is 181 Å². The standard InChI is InChI=1S/C23H24FN3O3S/c1-23(2,3)27-31(28,29)21-7-5-4-6-18(21)15-8-9-17(19(24)12-15)16-13-20-22(26-14-16)25-10-11-30-20/h4-9,12-14,27H,10-11H2,1-3H3,(H,25,26). The minimum absolute atomic E-state index is 0.104. The summed E-state index contributed by atoms with van der Waals surface area (Å²) in [7, 11) is -3.79. The summed E-state index contributed by atoms with van der Waals surface area (Å²) in [6.07, 6.45) is 1.59. The fraction of sp³-hybridized carbons (Fsp3) is 0.261.